The van der Waals surface area contributed by atoms with Gasteiger partial charge in [-0.25, -0.2) is 0 Å². The highest BCUT2D eigenvalue weighted by Crippen LogP contribution is 2.12. The molecule has 0 saturated carbocycles. The minimum Gasteiger partial charge on any atom is -0.376 e. The zero-order valence-electron chi connectivity index (χ0n) is 12.3. The van der Waals surface area contributed by atoms with Crippen LogP contribution < -0.4 is 5.32 Å². The summed E-state index contributed by atoms with van der Waals surface area (Å²) < 4.78 is 5.71. The SMILES string of the molecule is CCC1CN(C(C)CNC(C)(C)CC)CCO1. The molecule has 0 aliphatic carbocycles. The van der Waals surface area contributed by atoms with Crippen LogP contribution in [0.3, 0.4) is 0 Å². The molecule has 1 rings (SSSR count). The van der Waals surface area contributed by atoms with Crippen molar-refractivity contribution in [3.05, 3.63) is 0 Å². The van der Waals surface area contributed by atoms with E-state index < -0.39 is 0 Å². The molecule has 1 N–H and O–H groups in total. The average molecular weight is 242 g/mol. The monoisotopic (exact) mass is 242 g/mol. The zero-order chi connectivity index (χ0) is 12.9. The average Bonchev–Trinajstić information content (AvgIpc) is 2.36. The summed E-state index contributed by atoms with van der Waals surface area (Å²) in [7, 11) is 0. The maximum atomic E-state index is 5.71. The number of hydrogen-bond acceptors (Lipinski definition) is 3. The van der Waals surface area contributed by atoms with Gasteiger partial charge in [0.1, 0.15) is 0 Å². The lowest BCUT2D eigenvalue weighted by atomic mass is 10.0. The van der Waals surface area contributed by atoms with E-state index in [0.29, 0.717) is 12.1 Å². The van der Waals surface area contributed by atoms with Crippen LogP contribution in [0.1, 0.15) is 47.5 Å². The summed E-state index contributed by atoms with van der Waals surface area (Å²) in [6.07, 6.45) is 2.72. The molecule has 17 heavy (non-hydrogen) atoms. The maximum absolute atomic E-state index is 5.71. The van der Waals surface area contributed by atoms with E-state index in [4.69, 9.17) is 4.74 Å². The molecule has 0 radical (unpaired) electrons. The van der Waals surface area contributed by atoms with Gasteiger partial charge in [-0.3, -0.25) is 4.90 Å². The fraction of sp³-hybridized carbons (Fsp3) is 1.00. The number of rotatable bonds is 6. The zero-order valence-corrected chi connectivity index (χ0v) is 12.3. The highest BCUT2D eigenvalue weighted by molar-refractivity contribution is 4.81. The molecule has 0 amide bonds. The van der Waals surface area contributed by atoms with E-state index in [1.165, 1.54) is 6.42 Å². The smallest absolute Gasteiger partial charge is 0.0700 e. The Morgan fingerprint density at radius 2 is 2.12 bits per heavy atom. The van der Waals surface area contributed by atoms with Crippen molar-refractivity contribution in [2.75, 3.05) is 26.2 Å². The lowest BCUT2D eigenvalue weighted by molar-refractivity contribution is -0.0423. The highest BCUT2D eigenvalue weighted by Gasteiger charge is 2.24. The predicted molar refractivity (Wildman–Crippen MR) is 73.4 cm³/mol. The van der Waals surface area contributed by atoms with E-state index in [0.717, 1.165) is 32.7 Å². The van der Waals surface area contributed by atoms with Crippen molar-refractivity contribution in [2.45, 2.75) is 65.1 Å². The largest absolute Gasteiger partial charge is 0.376 e. The molecule has 3 nitrogen and oxygen atoms in total. The Hall–Kier alpha value is -0.120. The second-order valence-electron chi connectivity index (χ2n) is 5.86. The number of nitrogens with zero attached hydrogens (tertiary/aromatic N) is 1. The first kappa shape index (κ1) is 14.9. The fourth-order valence-corrected chi connectivity index (χ4v) is 2.07. The van der Waals surface area contributed by atoms with Gasteiger partial charge in [0.05, 0.1) is 12.7 Å². The van der Waals surface area contributed by atoms with Gasteiger partial charge in [-0.05, 0) is 33.6 Å². The second kappa shape index (κ2) is 6.72. The van der Waals surface area contributed by atoms with Gasteiger partial charge in [0.15, 0.2) is 0 Å². The minimum absolute atomic E-state index is 0.255. The van der Waals surface area contributed by atoms with Crippen LogP contribution in [0.5, 0.6) is 0 Å². The van der Waals surface area contributed by atoms with E-state index in [2.05, 4.69) is 44.8 Å². The molecule has 0 spiro atoms. The van der Waals surface area contributed by atoms with Crippen LogP contribution in [0.2, 0.25) is 0 Å². The summed E-state index contributed by atoms with van der Waals surface area (Å²) in [6.45, 7) is 15.4. The van der Waals surface area contributed by atoms with E-state index in [1.807, 2.05) is 0 Å². The first-order valence-corrected chi connectivity index (χ1v) is 7.09. The molecule has 102 valence electrons. The molecule has 1 heterocycles. The van der Waals surface area contributed by atoms with Gasteiger partial charge < -0.3 is 10.1 Å². The van der Waals surface area contributed by atoms with Gasteiger partial charge in [-0.2, -0.15) is 0 Å². The molecule has 2 unspecified atom stereocenters. The Morgan fingerprint density at radius 3 is 2.71 bits per heavy atom. The number of ether oxygens (including phenoxy) is 1. The lowest BCUT2D eigenvalue weighted by Crippen LogP contribution is -2.52. The number of morpholine rings is 1. The van der Waals surface area contributed by atoms with Gasteiger partial charge in [-0.1, -0.05) is 13.8 Å². The van der Waals surface area contributed by atoms with Crippen molar-refractivity contribution < 1.29 is 4.74 Å². The number of hydrogen-bond donors (Lipinski definition) is 1. The molecule has 1 aliphatic rings. The van der Waals surface area contributed by atoms with Crippen LogP contribution in [-0.4, -0.2) is 48.8 Å². The Balaban J connectivity index is 2.34. The van der Waals surface area contributed by atoms with Crippen molar-refractivity contribution in [3.8, 4) is 0 Å². The summed E-state index contributed by atoms with van der Waals surface area (Å²) in [4.78, 5) is 2.55. The second-order valence-corrected chi connectivity index (χ2v) is 5.86. The molecule has 3 heteroatoms. The van der Waals surface area contributed by atoms with Crippen molar-refractivity contribution in [3.63, 3.8) is 0 Å². The molecule has 0 aromatic carbocycles. The molecule has 0 aromatic heterocycles. The van der Waals surface area contributed by atoms with Gasteiger partial charge in [0.2, 0.25) is 0 Å². The third-order valence-corrected chi connectivity index (χ3v) is 4.01. The molecule has 1 saturated heterocycles. The Bertz CT molecular complexity index is 218. The topological polar surface area (TPSA) is 24.5 Å². The Labute approximate surface area is 107 Å². The summed E-state index contributed by atoms with van der Waals surface area (Å²) in [5.41, 5.74) is 0.255. The van der Waals surface area contributed by atoms with E-state index in [1.54, 1.807) is 0 Å². The first-order chi connectivity index (χ1) is 7.98. The number of nitrogens with one attached hydrogen (secondary N) is 1. The highest BCUT2D eigenvalue weighted by atomic mass is 16.5. The van der Waals surface area contributed by atoms with Crippen LogP contribution in [-0.2, 0) is 4.74 Å². The molecule has 1 fully saturated rings. The molecular weight excluding hydrogens is 212 g/mol. The van der Waals surface area contributed by atoms with Crippen molar-refractivity contribution >= 4 is 0 Å². The molecule has 1 aliphatic heterocycles. The molecule has 0 aromatic rings. The summed E-state index contributed by atoms with van der Waals surface area (Å²) in [5, 5.41) is 3.66. The quantitative estimate of drug-likeness (QED) is 0.773. The summed E-state index contributed by atoms with van der Waals surface area (Å²) in [5.74, 6) is 0. The standard InChI is InChI=1S/C14H30N2O/c1-6-13-11-16(8-9-17-13)12(3)10-15-14(4,5)7-2/h12-13,15H,6-11H2,1-5H3. The van der Waals surface area contributed by atoms with E-state index in [9.17, 15) is 0 Å². The third kappa shape index (κ3) is 4.94. The summed E-state index contributed by atoms with van der Waals surface area (Å²) >= 11 is 0. The fourth-order valence-electron chi connectivity index (χ4n) is 2.07. The Kier molecular flexibility index (Phi) is 5.90. The van der Waals surface area contributed by atoms with Crippen molar-refractivity contribution in [1.82, 2.24) is 10.2 Å². The summed E-state index contributed by atoms with van der Waals surface area (Å²) in [6, 6.07) is 0.596. The van der Waals surface area contributed by atoms with Crippen LogP contribution >= 0.6 is 0 Å². The van der Waals surface area contributed by atoms with Crippen LogP contribution in [0, 0.1) is 0 Å². The third-order valence-electron chi connectivity index (χ3n) is 4.01. The van der Waals surface area contributed by atoms with E-state index >= 15 is 0 Å². The van der Waals surface area contributed by atoms with Crippen LogP contribution in [0.25, 0.3) is 0 Å². The van der Waals surface area contributed by atoms with Crippen molar-refractivity contribution in [1.29, 1.82) is 0 Å². The van der Waals surface area contributed by atoms with Crippen LogP contribution in [0.15, 0.2) is 0 Å². The van der Waals surface area contributed by atoms with Gasteiger partial charge in [0, 0.05) is 31.2 Å². The normalized spacial score (nSPS) is 24.9. The van der Waals surface area contributed by atoms with Gasteiger partial charge in [0.25, 0.3) is 0 Å². The first-order valence-electron chi connectivity index (χ1n) is 7.09. The predicted octanol–water partition coefficient (Wildman–Crippen LogP) is 2.26. The lowest BCUT2D eigenvalue weighted by Gasteiger charge is -2.38. The maximum Gasteiger partial charge on any atom is 0.0700 e. The van der Waals surface area contributed by atoms with E-state index in [-0.39, 0.29) is 5.54 Å². The minimum atomic E-state index is 0.255. The van der Waals surface area contributed by atoms with Crippen molar-refractivity contribution in [2.24, 2.45) is 0 Å². The molecule has 2 atom stereocenters. The van der Waals surface area contributed by atoms with Gasteiger partial charge in [-0.15, -0.1) is 0 Å². The molecule has 0 bridgehead atoms. The van der Waals surface area contributed by atoms with Gasteiger partial charge >= 0.3 is 0 Å². The molecular formula is C14H30N2O. The Morgan fingerprint density at radius 1 is 1.41 bits per heavy atom. The van der Waals surface area contributed by atoms with Crippen LogP contribution in [0.4, 0.5) is 0 Å².